The summed E-state index contributed by atoms with van der Waals surface area (Å²) < 4.78 is 36.1. The van der Waals surface area contributed by atoms with Gasteiger partial charge in [-0.25, -0.2) is 24.0 Å². The van der Waals surface area contributed by atoms with Gasteiger partial charge >= 0.3 is 29.8 Å². The summed E-state index contributed by atoms with van der Waals surface area (Å²) in [6, 6.07) is 38.7. The molecular weight excluding hydrogens is 728 g/mol. The van der Waals surface area contributed by atoms with Crippen LogP contribution in [-0.4, -0.2) is 67.2 Å². The number of carbonyl (C=O) groups excluding carboxylic acids is 5. The highest BCUT2D eigenvalue weighted by Gasteiger charge is 2.55. The van der Waals surface area contributed by atoms with Crippen molar-refractivity contribution in [1.82, 2.24) is 0 Å². The Bertz CT molecular complexity index is 2260. The minimum absolute atomic E-state index is 0.102. The summed E-state index contributed by atoms with van der Waals surface area (Å²) in [6.45, 7) is -0.573. The van der Waals surface area contributed by atoms with E-state index in [1.807, 2.05) is 0 Å². The van der Waals surface area contributed by atoms with Crippen molar-refractivity contribution in [3.05, 3.63) is 179 Å². The second kappa shape index (κ2) is 18.1. The van der Waals surface area contributed by atoms with Crippen LogP contribution in [0.5, 0.6) is 0 Å². The molecule has 57 heavy (non-hydrogen) atoms. The first-order chi connectivity index (χ1) is 27.8. The Morgan fingerprint density at radius 3 is 1.44 bits per heavy atom. The Hall–Kier alpha value is -7.03. The molecule has 2 fully saturated rings. The van der Waals surface area contributed by atoms with E-state index < -0.39 is 67.2 Å². The van der Waals surface area contributed by atoms with Gasteiger partial charge in [0.2, 0.25) is 12.4 Å². The predicted molar refractivity (Wildman–Crippen MR) is 204 cm³/mol. The highest BCUT2D eigenvalue weighted by molar-refractivity contribution is 5.93. The van der Waals surface area contributed by atoms with Crippen LogP contribution in [-0.2, 0) is 28.4 Å². The van der Waals surface area contributed by atoms with Gasteiger partial charge in [-0.15, -0.1) is 0 Å². The third-order valence-corrected chi connectivity index (χ3v) is 9.10. The molecule has 5 aromatic rings. The summed E-state index contributed by atoms with van der Waals surface area (Å²) >= 11 is 0. The molecular formula is C46H36O11. The molecule has 5 atom stereocenters. The number of esters is 5. The Morgan fingerprint density at radius 2 is 0.930 bits per heavy atom. The molecule has 1 saturated carbocycles. The molecule has 0 N–H and O–H groups in total. The van der Waals surface area contributed by atoms with Crippen LogP contribution < -0.4 is 0 Å². The van der Waals surface area contributed by atoms with Crippen molar-refractivity contribution in [1.29, 1.82) is 0 Å². The van der Waals surface area contributed by atoms with Gasteiger partial charge in [0.25, 0.3) is 0 Å². The first-order valence-corrected chi connectivity index (χ1v) is 18.3. The van der Waals surface area contributed by atoms with E-state index in [4.69, 9.17) is 28.4 Å². The molecule has 1 aliphatic heterocycles. The smallest absolute Gasteiger partial charge is 0.341 e. The molecule has 1 aliphatic carbocycles. The highest BCUT2D eigenvalue weighted by Crippen LogP contribution is 2.33. The fourth-order valence-corrected chi connectivity index (χ4v) is 5.97. The molecule has 1 unspecified atom stereocenters. The Labute approximate surface area is 328 Å². The lowest BCUT2D eigenvalue weighted by Crippen LogP contribution is -2.63. The minimum atomic E-state index is -1.80. The maximum Gasteiger partial charge on any atom is 0.341 e. The summed E-state index contributed by atoms with van der Waals surface area (Å²) in [4.78, 5) is 68.6. The van der Waals surface area contributed by atoms with Gasteiger partial charge in [0, 0.05) is 11.5 Å². The summed E-state index contributed by atoms with van der Waals surface area (Å²) in [5.74, 6) is 2.19. The largest absolute Gasteiger partial charge is 0.459 e. The second-order valence-electron chi connectivity index (χ2n) is 13.2. The van der Waals surface area contributed by atoms with E-state index in [0.29, 0.717) is 5.56 Å². The van der Waals surface area contributed by atoms with E-state index >= 15 is 0 Å². The van der Waals surface area contributed by atoms with Crippen LogP contribution in [0.25, 0.3) is 0 Å². The lowest BCUT2D eigenvalue weighted by molar-refractivity contribution is -0.282. The SMILES string of the molecule is O=C(OC[C@H]1OC(OC(=O)c2ccccc2C#CC2CC2)[C@H](OC(=O)c2ccccc2)[C@@H](OC(=O)c2ccccc2)[C@@H]1OC(=O)c1ccccc1)c1ccccc1. The summed E-state index contributed by atoms with van der Waals surface area (Å²) in [7, 11) is 0. The number of ether oxygens (including phenoxy) is 6. The van der Waals surface area contributed by atoms with Crippen molar-refractivity contribution >= 4 is 29.8 Å². The normalized spacial score (nSPS) is 19.8. The predicted octanol–water partition coefficient (Wildman–Crippen LogP) is 6.86. The lowest BCUT2D eigenvalue weighted by Gasteiger charge is -2.43. The van der Waals surface area contributed by atoms with Crippen molar-refractivity contribution in [3.63, 3.8) is 0 Å². The third kappa shape index (κ3) is 9.80. The highest BCUT2D eigenvalue weighted by atomic mass is 16.7. The molecule has 2 aliphatic rings. The van der Waals surface area contributed by atoms with Gasteiger partial charge < -0.3 is 28.4 Å². The Balaban J connectivity index is 1.29. The van der Waals surface area contributed by atoms with Crippen molar-refractivity contribution in [2.24, 2.45) is 5.92 Å². The maximum atomic E-state index is 14.1. The Morgan fingerprint density at radius 1 is 0.491 bits per heavy atom. The Kier molecular flexibility index (Phi) is 12.1. The first-order valence-electron chi connectivity index (χ1n) is 18.3. The minimum Gasteiger partial charge on any atom is -0.459 e. The summed E-state index contributed by atoms with van der Waals surface area (Å²) in [6.07, 6.45) is -6.29. The number of hydrogen-bond donors (Lipinski definition) is 0. The molecule has 286 valence electrons. The van der Waals surface area contributed by atoms with E-state index in [9.17, 15) is 24.0 Å². The van der Waals surface area contributed by atoms with E-state index in [1.165, 1.54) is 42.5 Å². The lowest BCUT2D eigenvalue weighted by atomic mass is 9.97. The van der Waals surface area contributed by atoms with E-state index in [1.54, 1.807) is 103 Å². The van der Waals surface area contributed by atoms with Crippen molar-refractivity contribution < 1.29 is 52.4 Å². The average molecular weight is 765 g/mol. The van der Waals surface area contributed by atoms with Crippen LogP contribution in [0.15, 0.2) is 146 Å². The molecule has 1 saturated heterocycles. The fraction of sp³-hybridized carbons (Fsp3) is 0.196. The van der Waals surface area contributed by atoms with Gasteiger partial charge in [0.15, 0.2) is 12.2 Å². The zero-order valence-corrected chi connectivity index (χ0v) is 30.4. The van der Waals surface area contributed by atoms with Gasteiger partial charge in [-0.3, -0.25) is 0 Å². The van der Waals surface area contributed by atoms with Crippen LogP contribution in [0, 0.1) is 17.8 Å². The van der Waals surface area contributed by atoms with Gasteiger partial charge in [0.05, 0.1) is 27.8 Å². The molecule has 0 bridgehead atoms. The molecule has 1 heterocycles. The van der Waals surface area contributed by atoms with E-state index in [-0.39, 0.29) is 33.7 Å². The molecule has 0 aromatic heterocycles. The van der Waals surface area contributed by atoms with Crippen molar-refractivity contribution in [2.45, 2.75) is 43.5 Å². The topological polar surface area (TPSA) is 141 Å². The molecule has 0 amide bonds. The number of carbonyl (C=O) groups is 5. The number of hydrogen-bond acceptors (Lipinski definition) is 11. The van der Waals surface area contributed by atoms with Crippen LogP contribution in [0.2, 0.25) is 0 Å². The standard InChI is InChI=1S/C46H36O11/c47-41(32-16-5-1-6-17-32)52-29-37-38(54-42(48)33-18-7-2-8-19-33)39(55-43(49)34-20-9-3-10-21-34)40(56-44(50)35-22-11-4-12-23-35)46(53-37)57-45(51)36-24-14-13-15-31(36)28-27-30-25-26-30/h1-24,30,37-40,46H,25-26,29H2/t37-,38-,39+,40-,46?/m1/s1. The van der Waals surface area contributed by atoms with Crippen LogP contribution in [0.4, 0.5) is 0 Å². The molecule has 11 nitrogen and oxygen atoms in total. The van der Waals surface area contributed by atoms with Crippen molar-refractivity contribution in [2.75, 3.05) is 6.61 Å². The molecule has 0 radical (unpaired) electrons. The van der Waals surface area contributed by atoms with Gasteiger partial charge in [-0.1, -0.05) is 96.8 Å². The van der Waals surface area contributed by atoms with E-state index in [2.05, 4.69) is 11.8 Å². The molecule has 7 rings (SSSR count). The number of rotatable bonds is 11. The van der Waals surface area contributed by atoms with Crippen molar-refractivity contribution in [3.8, 4) is 11.8 Å². The van der Waals surface area contributed by atoms with Gasteiger partial charge in [0.1, 0.15) is 12.7 Å². The summed E-state index contributed by atoms with van der Waals surface area (Å²) in [5.41, 5.74) is 1.10. The zero-order valence-electron chi connectivity index (χ0n) is 30.4. The van der Waals surface area contributed by atoms with Crippen LogP contribution in [0.1, 0.15) is 70.2 Å². The van der Waals surface area contributed by atoms with Gasteiger partial charge in [-0.05, 0) is 73.5 Å². The fourth-order valence-electron chi connectivity index (χ4n) is 5.97. The van der Waals surface area contributed by atoms with Gasteiger partial charge in [-0.2, -0.15) is 0 Å². The van der Waals surface area contributed by atoms with Crippen LogP contribution in [0.3, 0.4) is 0 Å². The van der Waals surface area contributed by atoms with E-state index in [0.717, 1.165) is 12.8 Å². The third-order valence-electron chi connectivity index (χ3n) is 9.10. The zero-order chi connectivity index (χ0) is 39.6. The summed E-state index contributed by atoms with van der Waals surface area (Å²) in [5, 5.41) is 0. The molecule has 11 heteroatoms. The molecule has 0 spiro atoms. The van der Waals surface area contributed by atoms with Crippen LogP contribution >= 0.6 is 0 Å². The quantitative estimate of drug-likeness (QED) is 0.0791. The first kappa shape index (κ1) is 38.3. The number of benzene rings is 5. The average Bonchev–Trinajstić information content (AvgIpc) is 4.10. The second-order valence-corrected chi connectivity index (χ2v) is 13.2. The molecule has 5 aromatic carbocycles. The maximum absolute atomic E-state index is 14.1. The monoisotopic (exact) mass is 764 g/mol.